The summed E-state index contributed by atoms with van der Waals surface area (Å²) in [6.07, 6.45) is 2.31. The van der Waals surface area contributed by atoms with E-state index in [1.807, 2.05) is 30.8 Å². The van der Waals surface area contributed by atoms with E-state index in [1.165, 1.54) is 0 Å². The van der Waals surface area contributed by atoms with Crippen LogP contribution in [-0.4, -0.2) is 39.1 Å². The number of hydrogen-bond donors (Lipinski definition) is 1. The molecular weight excluding hydrogens is 290 g/mol. The molecule has 0 radical (unpaired) electrons. The SMILES string of the molecule is CN(CCc1ccccc1C(=O)O)Cc1ncc(Cl)n1C. The fourth-order valence-corrected chi connectivity index (χ4v) is 2.30. The predicted molar refractivity (Wildman–Crippen MR) is 81.7 cm³/mol. The van der Waals surface area contributed by atoms with E-state index in [-0.39, 0.29) is 0 Å². The largest absolute Gasteiger partial charge is 0.478 e. The van der Waals surface area contributed by atoms with Gasteiger partial charge >= 0.3 is 5.97 Å². The van der Waals surface area contributed by atoms with Crippen LogP contribution in [0.4, 0.5) is 0 Å². The molecule has 5 nitrogen and oxygen atoms in total. The van der Waals surface area contributed by atoms with E-state index in [4.69, 9.17) is 16.7 Å². The minimum absolute atomic E-state index is 0.367. The lowest BCUT2D eigenvalue weighted by Crippen LogP contribution is -2.23. The molecule has 0 aliphatic carbocycles. The summed E-state index contributed by atoms with van der Waals surface area (Å²) in [4.78, 5) is 17.5. The van der Waals surface area contributed by atoms with Gasteiger partial charge in [0.25, 0.3) is 0 Å². The summed E-state index contributed by atoms with van der Waals surface area (Å²) in [5.74, 6) is -0.00171. The molecule has 0 fully saturated rings. The standard InChI is InChI=1S/C15H18ClN3O2/c1-18(10-14-17-9-13(16)19(14)2)8-7-11-5-3-4-6-12(11)15(20)21/h3-6,9H,7-8,10H2,1-2H3,(H,20,21). The number of carbonyl (C=O) groups is 1. The zero-order valence-corrected chi connectivity index (χ0v) is 12.8. The Kier molecular flexibility index (Phi) is 4.98. The molecular formula is C15H18ClN3O2. The first-order valence-corrected chi connectivity index (χ1v) is 7.02. The number of hydrogen-bond acceptors (Lipinski definition) is 3. The first kappa shape index (κ1) is 15.5. The zero-order valence-electron chi connectivity index (χ0n) is 12.1. The van der Waals surface area contributed by atoms with Crippen molar-refractivity contribution in [3.63, 3.8) is 0 Å². The number of rotatable bonds is 6. The molecule has 0 bridgehead atoms. The lowest BCUT2D eigenvalue weighted by molar-refractivity contribution is 0.0695. The van der Waals surface area contributed by atoms with Crippen molar-refractivity contribution in [2.24, 2.45) is 7.05 Å². The van der Waals surface area contributed by atoms with Crippen LogP contribution < -0.4 is 0 Å². The third kappa shape index (κ3) is 3.83. The number of nitrogens with zero attached hydrogens (tertiary/aromatic N) is 3. The highest BCUT2D eigenvalue weighted by Gasteiger charge is 2.11. The van der Waals surface area contributed by atoms with Crippen molar-refractivity contribution in [2.45, 2.75) is 13.0 Å². The van der Waals surface area contributed by atoms with E-state index >= 15 is 0 Å². The van der Waals surface area contributed by atoms with Crippen molar-refractivity contribution < 1.29 is 9.90 Å². The molecule has 0 saturated heterocycles. The average molecular weight is 308 g/mol. The van der Waals surface area contributed by atoms with Crippen LogP contribution in [0.3, 0.4) is 0 Å². The summed E-state index contributed by atoms with van der Waals surface area (Å²) in [7, 11) is 3.85. The Labute approximate surface area is 128 Å². The summed E-state index contributed by atoms with van der Waals surface area (Å²) in [5, 5.41) is 9.77. The van der Waals surface area contributed by atoms with Gasteiger partial charge in [-0.1, -0.05) is 29.8 Å². The van der Waals surface area contributed by atoms with E-state index in [0.717, 1.165) is 17.9 Å². The highest BCUT2D eigenvalue weighted by Crippen LogP contribution is 2.12. The quantitative estimate of drug-likeness (QED) is 0.890. The van der Waals surface area contributed by atoms with Crippen LogP contribution in [0.2, 0.25) is 5.15 Å². The zero-order chi connectivity index (χ0) is 15.4. The molecule has 1 aromatic carbocycles. The van der Waals surface area contributed by atoms with E-state index in [2.05, 4.69) is 9.88 Å². The van der Waals surface area contributed by atoms with Crippen LogP contribution in [0.15, 0.2) is 30.5 Å². The monoisotopic (exact) mass is 307 g/mol. The third-order valence-corrected chi connectivity index (χ3v) is 3.80. The van der Waals surface area contributed by atoms with Crippen LogP contribution in [0, 0.1) is 0 Å². The molecule has 0 aliphatic heterocycles. The van der Waals surface area contributed by atoms with Gasteiger partial charge in [-0.25, -0.2) is 9.78 Å². The van der Waals surface area contributed by atoms with Crippen molar-refractivity contribution in [3.05, 3.63) is 52.6 Å². The van der Waals surface area contributed by atoms with Gasteiger partial charge in [0.05, 0.1) is 18.3 Å². The van der Waals surface area contributed by atoms with E-state index in [9.17, 15) is 4.79 Å². The Morgan fingerprint density at radius 3 is 2.76 bits per heavy atom. The molecule has 1 N–H and O–H groups in total. The van der Waals surface area contributed by atoms with Gasteiger partial charge in [0.1, 0.15) is 11.0 Å². The number of carboxylic acid groups (broad SMARTS) is 1. The summed E-state index contributed by atoms with van der Waals surface area (Å²) in [6.45, 7) is 1.41. The number of carboxylic acids is 1. The fourth-order valence-electron chi connectivity index (χ4n) is 2.15. The highest BCUT2D eigenvalue weighted by atomic mass is 35.5. The molecule has 0 aliphatic rings. The summed E-state index contributed by atoms with van der Waals surface area (Å²) in [6, 6.07) is 7.10. The van der Waals surface area contributed by atoms with Gasteiger partial charge in [0.2, 0.25) is 0 Å². The second kappa shape index (κ2) is 6.74. The van der Waals surface area contributed by atoms with Crippen molar-refractivity contribution in [1.82, 2.24) is 14.5 Å². The lowest BCUT2D eigenvalue weighted by atomic mass is 10.0. The number of benzene rings is 1. The van der Waals surface area contributed by atoms with Gasteiger partial charge in [-0.3, -0.25) is 4.90 Å². The Morgan fingerprint density at radius 2 is 2.14 bits per heavy atom. The molecule has 21 heavy (non-hydrogen) atoms. The van der Waals surface area contributed by atoms with Crippen molar-refractivity contribution in [2.75, 3.05) is 13.6 Å². The second-order valence-corrected chi connectivity index (χ2v) is 5.39. The Hall–Kier alpha value is -1.85. The van der Waals surface area contributed by atoms with Crippen LogP contribution >= 0.6 is 11.6 Å². The predicted octanol–water partition coefficient (Wildman–Crippen LogP) is 2.45. The van der Waals surface area contributed by atoms with Gasteiger partial charge in [-0.05, 0) is 25.1 Å². The van der Waals surface area contributed by atoms with Gasteiger partial charge in [-0.15, -0.1) is 0 Å². The van der Waals surface area contributed by atoms with Crippen molar-refractivity contribution in [3.8, 4) is 0 Å². The lowest BCUT2D eigenvalue weighted by Gasteiger charge is -2.17. The Morgan fingerprint density at radius 1 is 1.43 bits per heavy atom. The number of imidazole rings is 1. The van der Waals surface area contributed by atoms with E-state index in [1.54, 1.807) is 18.3 Å². The molecule has 0 atom stereocenters. The maximum atomic E-state index is 11.2. The molecule has 0 saturated carbocycles. The van der Waals surface area contributed by atoms with Crippen LogP contribution in [0.25, 0.3) is 0 Å². The average Bonchev–Trinajstić information content (AvgIpc) is 2.77. The maximum absolute atomic E-state index is 11.2. The summed E-state index contributed by atoms with van der Waals surface area (Å²) in [5.41, 5.74) is 1.21. The highest BCUT2D eigenvalue weighted by molar-refractivity contribution is 6.29. The number of aromatic carboxylic acids is 1. The summed E-state index contributed by atoms with van der Waals surface area (Å²) >= 11 is 5.96. The van der Waals surface area contributed by atoms with Gasteiger partial charge in [-0.2, -0.15) is 0 Å². The molecule has 1 heterocycles. The molecule has 112 valence electrons. The molecule has 0 spiro atoms. The van der Waals surface area contributed by atoms with Gasteiger partial charge < -0.3 is 9.67 Å². The van der Waals surface area contributed by atoms with Gasteiger partial charge in [0, 0.05) is 13.6 Å². The van der Waals surface area contributed by atoms with Crippen molar-refractivity contribution >= 4 is 17.6 Å². The first-order valence-electron chi connectivity index (χ1n) is 6.65. The Balaban J connectivity index is 1.97. The second-order valence-electron chi connectivity index (χ2n) is 5.01. The van der Waals surface area contributed by atoms with E-state index < -0.39 is 5.97 Å². The van der Waals surface area contributed by atoms with Crippen LogP contribution in [-0.2, 0) is 20.0 Å². The minimum Gasteiger partial charge on any atom is -0.478 e. The third-order valence-electron chi connectivity index (χ3n) is 3.45. The number of aromatic nitrogens is 2. The van der Waals surface area contributed by atoms with E-state index in [0.29, 0.717) is 23.7 Å². The topological polar surface area (TPSA) is 58.4 Å². The molecule has 0 unspecified atom stereocenters. The molecule has 1 aromatic heterocycles. The smallest absolute Gasteiger partial charge is 0.335 e. The fraction of sp³-hybridized carbons (Fsp3) is 0.333. The first-order chi connectivity index (χ1) is 9.99. The maximum Gasteiger partial charge on any atom is 0.335 e. The number of halogens is 1. The minimum atomic E-state index is -0.885. The molecule has 6 heteroatoms. The number of likely N-dealkylation sites (N-methyl/N-ethyl adjacent to an activating group) is 1. The Bertz CT molecular complexity index is 640. The van der Waals surface area contributed by atoms with Gasteiger partial charge in [0.15, 0.2) is 0 Å². The summed E-state index contributed by atoms with van der Waals surface area (Å²) < 4.78 is 1.84. The van der Waals surface area contributed by atoms with Crippen LogP contribution in [0.1, 0.15) is 21.7 Å². The molecule has 2 aromatic rings. The molecule has 0 amide bonds. The van der Waals surface area contributed by atoms with Crippen LogP contribution in [0.5, 0.6) is 0 Å². The van der Waals surface area contributed by atoms with Crippen molar-refractivity contribution in [1.29, 1.82) is 0 Å². The molecule has 2 rings (SSSR count). The normalized spacial score (nSPS) is 11.0.